The molecule has 22 heavy (non-hydrogen) atoms. The molecular weight excluding hydrogens is 300 g/mol. The molecular formula is C16H26N2O3S. The molecule has 1 fully saturated rings. The van der Waals surface area contributed by atoms with Crippen LogP contribution in [-0.2, 0) is 23.2 Å². The lowest BCUT2D eigenvalue weighted by atomic mass is 10.0. The monoisotopic (exact) mass is 326 g/mol. The summed E-state index contributed by atoms with van der Waals surface area (Å²) in [7, 11) is -3.11. The summed E-state index contributed by atoms with van der Waals surface area (Å²) in [6.45, 7) is 5.23. The molecule has 0 unspecified atom stereocenters. The van der Waals surface area contributed by atoms with Gasteiger partial charge in [-0.25, -0.2) is 8.42 Å². The fourth-order valence-electron chi connectivity index (χ4n) is 3.14. The van der Waals surface area contributed by atoms with Gasteiger partial charge in [0.05, 0.1) is 12.9 Å². The summed E-state index contributed by atoms with van der Waals surface area (Å²) in [6, 6.07) is 8.13. The standard InChI is InChI=1S/C16H26N2O3S/c1-3-18(22(2,20)21)16-8-10-17(11-9-16)12-14-4-6-15(13-19)7-5-14/h4-7,16,19H,3,8-13H2,1-2H3. The van der Waals surface area contributed by atoms with E-state index in [2.05, 4.69) is 4.90 Å². The summed E-state index contributed by atoms with van der Waals surface area (Å²) in [5, 5.41) is 9.06. The van der Waals surface area contributed by atoms with Crippen molar-refractivity contribution in [2.45, 2.75) is 39.0 Å². The predicted molar refractivity (Wildman–Crippen MR) is 87.9 cm³/mol. The van der Waals surface area contributed by atoms with Crippen LogP contribution in [0.4, 0.5) is 0 Å². The lowest BCUT2D eigenvalue weighted by Crippen LogP contribution is -2.46. The minimum atomic E-state index is -3.11. The Labute approximate surface area is 133 Å². The third-order valence-electron chi connectivity index (χ3n) is 4.31. The van der Waals surface area contributed by atoms with Crippen LogP contribution in [0.25, 0.3) is 0 Å². The van der Waals surface area contributed by atoms with Crippen molar-refractivity contribution in [1.29, 1.82) is 0 Å². The molecule has 6 heteroatoms. The SMILES string of the molecule is CCN(C1CCN(Cc2ccc(CO)cc2)CC1)S(C)(=O)=O. The predicted octanol–water partition coefficient (Wildman–Crippen LogP) is 1.42. The zero-order valence-corrected chi connectivity index (χ0v) is 14.2. The number of aliphatic hydroxyl groups excluding tert-OH is 1. The highest BCUT2D eigenvalue weighted by molar-refractivity contribution is 7.88. The van der Waals surface area contributed by atoms with Crippen molar-refractivity contribution in [2.24, 2.45) is 0 Å². The fraction of sp³-hybridized carbons (Fsp3) is 0.625. The van der Waals surface area contributed by atoms with Gasteiger partial charge in [-0.2, -0.15) is 4.31 Å². The second-order valence-corrected chi connectivity index (χ2v) is 7.88. The molecule has 1 heterocycles. The first-order valence-corrected chi connectivity index (χ1v) is 9.66. The van der Waals surface area contributed by atoms with E-state index in [4.69, 9.17) is 5.11 Å². The fourth-order valence-corrected chi connectivity index (χ4v) is 4.36. The third-order valence-corrected chi connectivity index (χ3v) is 5.72. The number of likely N-dealkylation sites (tertiary alicyclic amines) is 1. The van der Waals surface area contributed by atoms with Gasteiger partial charge in [0.2, 0.25) is 10.0 Å². The topological polar surface area (TPSA) is 60.9 Å². The van der Waals surface area contributed by atoms with Crippen molar-refractivity contribution >= 4 is 10.0 Å². The lowest BCUT2D eigenvalue weighted by molar-refractivity contribution is 0.156. The highest BCUT2D eigenvalue weighted by Gasteiger charge is 2.28. The molecule has 0 amide bonds. The van der Waals surface area contributed by atoms with Gasteiger partial charge in [-0.1, -0.05) is 31.2 Å². The molecule has 0 spiro atoms. The van der Waals surface area contributed by atoms with Gasteiger partial charge < -0.3 is 5.11 Å². The first kappa shape index (κ1) is 17.4. The Morgan fingerprint density at radius 3 is 2.18 bits per heavy atom. The molecule has 1 aliphatic rings. The summed E-state index contributed by atoms with van der Waals surface area (Å²) in [5.74, 6) is 0. The summed E-state index contributed by atoms with van der Waals surface area (Å²) in [5.41, 5.74) is 2.15. The molecule has 1 aromatic rings. The maximum atomic E-state index is 11.8. The van der Waals surface area contributed by atoms with Crippen LogP contribution in [-0.4, -0.2) is 54.7 Å². The van der Waals surface area contributed by atoms with Gasteiger partial charge in [-0.3, -0.25) is 4.90 Å². The van der Waals surface area contributed by atoms with E-state index in [9.17, 15) is 8.42 Å². The molecule has 1 N–H and O–H groups in total. The number of hydrogen-bond acceptors (Lipinski definition) is 4. The van der Waals surface area contributed by atoms with E-state index in [-0.39, 0.29) is 12.6 Å². The summed E-state index contributed by atoms with van der Waals surface area (Å²) >= 11 is 0. The summed E-state index contributed by atoms with van der Waals surface area (Å²) in [4.78, 5) is 2.36. The zero-order chi connectivity index (χ0) is 16.2. The third kappa shape index (κ3) is 4.52. The van der Waals surface area contributed by atoms with Gasteiger partial charge in [-0.15, -0.1) is 0 Å². The van der Waals surface area contributed by atoms with Crippen molar-refractivity contribution < 1.29 is 13.5 Å². The van der Waals surface area contributed by atoms with E-state index in [1.807, 2.05) is 31.2 Å². The highest BCUT2D eigenvalue weighted by Crippen LogP contribution is 2.20. The zero-order valence-electron chi connectivity index (χ0n) is 13.4. The maximum absolute atomic E-state index is 11.8. The Morgan fingerprint density at radius 2 is 1.73 bits per heavy atom. The summed E-state index contributed by atoms with van der Waals surface area (Å²) < 4.78 is 25.2. The molecule has 2 rings (SSSR count). The van der Waals surface area contributed by atoms with Gasteiger partial charge in [0.15, 0.2) is 0 Å². The molecule has 1 aromatic carbocycles. The molecule has 0 radical (unpaired) electrons. The second kappa shape index (κ2) is 7.55. The van der Waals surface area contributed by atoms with E-state index in [0.29, 0.717) is 6.54 Å². The van der Waals surface area contributed by atoms with Gasteiger partial charge in [-0.05, 0) is 24.0 Å². The Morgan fingerprint density at radius 1 is 1.18 bits per heavy atom. The molecule has 0 aromatic heterocycles. The number of nitrogens with zero attached hydrogens (tertiary/aromatic N) is 2. The Hall–Kier alpha value is -0.950. The number of rotatable bonds is 6. The first-order chi connectivity index (χ1) is 10.4. The Bertz CT molecular complexity index is 564. The Balaban J connectivity index is 1.89. The van der Waals surface area contributed by atoms with Crippen molar-refractivity contribution in [3.8, 4) is 0 Å². The second-order valence-electron chi connectivity index (χ2n) is 5.95. The number of sulfonamides is 1. The van der Waals surface area contributed by atoms with Gasteiger partial charge in [0, 0.05) is 32.2 Å². The molecule has 1 saturated heterocycles. The highest BCUT2D eigenvalue weighted by atomic mass is 32.2. The summed E-state index contributed by atoms with van der Waals surface area (Å²) in [6.07, 6.45) is 3.07. The van der Waals surface area contributed by atoms with Gasteiger partial charge in [0.1, 0.15) is 0 Å². The quantitative estimate of drug-likeness (QED) is 0.859. The van der Waals surface area contributed by atoms with Crippen molar-refractivity contribution in [3.63, 3.8) is 0 Å². The lowest BCUT2D eigenvalue weighted by Gasteiger charge is -2.36. The molecule has 124 valence electrons. The smallest absolute Gasteiger partial charge is 0.211 e. The van der Waals surface area contributed by atoms with Crippen LogP contribution in [0, 0.1) is 0 Å². The van der Waals surface area contributed by atoms with Crippen LogP contribution in [0.5, 0.6) is 0 Å². The normalized spacial score (nSPS) is 18.0. The van der Waals surface area contributed by atoms with Crippen LogP contribution >= 0.6 is 0 Å². The number of piperidine rings is 1. The van der Waals surface area contributed by atoms with Crippen LogP contribution in [0.15, 0.2) is 24.3 Å². The average molecular weight is 326 g/mol. The molecule has 5 nitrogen and oxygen atoms in total. The van der Waals surface area contributed by atoms with Crippen LogP contribution in [0.3, 0.4) is 0 Å². The van der Waals surface area contributed by atoms with Crippen molar-refractivity contribution in [1.82, 2.24) is 9.21 Å². The van der Waals surface area contributed by atoms with Crippen LogP contribution in [0.2, 0.25) is 0 Å². The maximum Gasteiger partial charge on any atom is 0.211 e. The van der Waals surface area contributed by atoms with E-state index in [1.54, 1.807) is 4.31 Å². The van der Waals surface area contributed by atoms with E-state index in [1.165, 1.54) is 11.8 Å². The largest absolute Gasteiger partial charge is 0.392 e. The van der Waals surface area contributed by atoms with Crippen molar-refractivity contribution in [2.75, 3.05) is 25.9 Å². The van der Waals surface area contributed by atoms with Crippen LogP contribution in [0.1, 0.15) is 30.9 Å². The Kier molecular flexibility index (Phi) is 5.97. The molecule has 0 saturated carbocycles. The molecule has 0 aliphatic carbocycles. The van der Waals surface area contributed by atoms with E-state index < -0.39 is 10.0 Å². The van der Waals surface area contributed by atoms with E-state index in [0.717, 1.165) is 38.0 Å². The average Bonchev–Trinajstić information content (AvgIpc) is 2.49. The number of aliphatic hydroxyl groups is 1. The van der Waals surface area contributed by atoms with Crippen molar-refractivity contribution in [3.05, 3.63) is 35.4 Å². The van der Waals surface area contributed by atoms with Gasteiger partial charge in [0.25, 0.3) is 0 Å². The molecule has 0 bridgehead atoms. The molecule has 1 aliphatic heterocycles. The minimum absolute atomic E-state index is 0.0734. The molecule has 0 atom stereocenters. The van der Waals surface area contributed by atoms with Crippen LogP contribution < -0.4 is 0 Å². The van der Waals surface area contributed by atoms with E-state index >= 15 is 0 Å². The minimum Gasteiger partial charge on any atom is -0.392 e. The van der Waals surface area contributed by atoms with Gasteiger partial charge >= 0.3 is 0 Å². The number of hydrogen-bond donors (Lipinski definition) is 1. The number of benzene rings is 1. The first-order valence-electron chi connectivity index (χ1n) is 7.82.